The van der Waals surface area contributed by atoms with E-state index >= 15 is 0 Å². The number of aliphatic hydroxyl groups excluding tert-OH is 16. The van der Waals surface area contributed by atoms with Crippen molar-refractivity contribution in [2.45, 2.75) is 430 Å². The first-order valence-electron chi connectivity index (χ1n) is 43.3. The van der Waals surface area contributed by atoms with Crippen LogP contribution in [0.3, 0.4) is 0 Å². The van der Waals surface area contributed by atoms with Gasteiger partial charge >= 0.3 is 11.9 Å². The van der Waals surface area contributed by atoms with Crippen molar-refractivity contribution >= 4 is 35.4 Å². The fraction of sp³-hybridized carbons (Fsp3) is 0.926. The van der Waals surface area contributed by atoms with Crippen LogP contribution >= 0.6 is 0 Å². The Morgan fingerprint density at radius 1 is 0.449 bits per heavy atom. The topological polar surface area (TPSA) is 595 Å². The smallest absolute Gasteiger partial charge is 0.364 e. The molecule has 5 saturated heterocycles. The summed E-state index contributed by atoms with van der Waals surface area (Å²) in [5, 5.41) is 211. The summed E-state index contributed by atoms with van der Waals surface area (Å²) in [5.74, 6) is -15.8. The summed E-state index contributed by atoms with van der Waals surface area (Å²) in [4.78, 5) is 79.3. The number of nitrogens with one attached hydrogen (secondary N) is 3. The number of unbranched alkanes of at least 4 members (excludes halogenated alkanes) is 28. The Morgan fingerprint density at radius 3 is 1.32 bits per heavy atom. The summed E-state index contributed by atoms with van der Waals surface area (Å²) in [6.45, 7) is 0.809. The van der Waals surface area contributed by atoms with Gasteiger partial charge in [0.15, 0.2) is 18.9 Å². The average molecular weight is 1710 g/mol. The summed E-state index contributed by atoms with van der Waals surface area (Å²) >= 11 is 0. The summed E-state index contributed by atoms with van der Waals surface area (Å²) in [7, 11) is 0. The van der Waals surface area contributed by atoms with Crippen LogP contribution in [0, 0.1) is 5.92 Å². The number of carbonyl (C=O) groups excluding carboxylic acids is 4. The number of hydrogen-bond donors (Lipinski definition) is 21. The van der Waals surface area contributed by atoms with Gasteiger partial charge in [-0.3, -0.25) is 14.4 Å². The molecule has 21 N–H and O–H groups in total. The van der Waals surface area contributed by atoms with E-state index in [2.05, 4.69) is 29.8 Å². The maximum absolute atomic E-state index is 14.2. The number of carbonyl (C=O) groups is 6. The predicted molar refractivity (Wildman–Crippen MR) is 418 cm³/mol. The highest BCUT2D eigenvalue weighted by atomic mass is 16.8. The van der Waals surface area contributed by atoms with E-state index in [0.717, 1.165) is 85.0 Å². The van der Waals surface area contributed by atoms with Gasteiger partial charge in [0.2, 0.25) is 17.7 Å². The molecule has 5 rings (SSSR count). The Kier molecular flexibility index (Phi) is 48.4. The predicted octanol–water partition coefficient (Wildman–Crippen LogP) is 0.402. The van der Waals surface area contributed by atoms with E-state index in [9.17, 15) is 121 Å². The number of ketones is 1. The molecular weight excluding hydrogens is 1560 g/mol. The fourth-order valence-electron chi connectivity index (χ4n) is 16.3. The SMILES string of the molecule is CCCCCCCCCCCCCCCCCCCC(=O)NC(COC1OC(CO)C(OC2OC(CO)C(OC3OC(CO)C(O)C(O)C3CC(C)=O)C(OC3(C(=O)O)CC(O)C(NC(C)=O)C(C(O)C(CO)OC4(C(=O)O)CC(O)C(NC(C)=O)C(C(O)C(O)CO)O4)O3)C2O)C(O)C1O)C(O)CCCCCCCCCCCCCCC. The molecule has 0 aromatic heterocycles. The third-order valence-electron chi connectivity index (χ3n) is 23.1. The molecule has 5 heterocycles. The van der Waals surface area contributed by atoms with Gasteiger partial charge in [0.1, 0.15) is 103 Å². The van der Waals surface area contributed by atoms with Crippen LogP contribution in [0.2, 0.25) is 0 Å². The summed E-state index contributed by atoms with van der Waals surface area (Å²) in [6, 6.07) is -4.87. The molecule has 0 aromatic rings. The van der Waals surface area contributed by atoms with Gasteiger partial charge in [-0.15, -0.1) is 0 Å². The molecule has 0 aliphatic carbocycles. The Labute approximate surface area is 692 Å². The van der Waals surface area contributed by atoms with E-state index in [-0.39, 0.29) is 18.7 Å². The zero-order valence-corrected chi connectivity index (χ0v) is 69.7. The monoisotopic (exact) mass is 1700 g/mol. The van der Waals surface area contributed by atoms with Crippen LogP contribution < -0.4 is 16.0 Å². The second kappa shape index (κ2) is 54.7. The molecule has 5 aliphatic heterocycles. The van der Waals surface area contributed by atoms with Gasteiger partial charge in [0.05, 0.1) is 82.2 Å². The van der Waals surface area contributed by atoms with Gasteiger partial charge in [-0.25, -0.2) is 9.59 Å². The lowest BCUT2D eigenvalue weighted by atomic mass is 9.86. The lowest BCUT2D eigenvalue weighted by Crippen LogP contribution is -2.72. The van der Waals surface area contributed by atoms with Crippen LogP contribution in [-0.2, 0) is 76.1 Å². The van der Waals surface area contributed by atoms with E-state index in [4.69, 9.17) is 47.4 Å². The van der Waals surface area contributed by atoms with Gasteiger partial charge in [0, 0.05) is 45.4 Å². The van der Waals surface area contributed by atoms with Crippen molar-refractivity contribution in [3.8, 4) is 0 Å². The maximum atomic E-state index is 14.2. The van der Waals surface area contributed by atoms with Crippen molar-refractivity contribution in [2.24, 2.45) is 5.92 Å². The molecule has 5 fully saturated rings. The van der Waals surface area contributed by atoms with Crippen LogP contribution in [-0.4, -0.2) is 338 Å². The minimum Gasteiger partial charge on any atom is -0.477 e. The quantitative estimate of drug-likeness (QED) is 0.0367. The molecule has 5 aliphatic rings. The molecular formula is C81H145N3O34. The molecule has 3 amide bonds. The highest BCUT2D eigenvalue weighted by Crippen LogP contribution is 2.43. The second-order valence-corrected chi connectivity index (χ2v) is 32.8. The number of carboxylic acid groups (broad SMARTS) is 2. The number of ether oxygens (including phenoxy) is 10. The summed E-state index contributed by atoms with van der Waals surface area (Å²) in [5.41, 5.74) is 0. The molecule has 118 heavy (non-hydrogen) atoms. The molecule has 0 bridgehead atoms. The van der Waals surface area contributed by atoms with Crippen LogP contribution in [0.5, 0.6) is 0 Å². The van der Waals surface area contributed by atoms with Crippen LogP contribution in [0.1, 0.15) is 259 Å². The number of amides is 3. The van der Waals surface area contributed by atoms with Gasteiger partial charge in [-0.2, -0.15) is 0 Å². The Hall–Kier alpha value is -4.02. The Balaban J connectivity index is 1.42. The number of rotatable bonds is 60. The molecule has 29 unspecified atom stereocenters. The number of aliphatic hydroxyl groups is 16. The van der Waals surface area contributed by atoms with Crippen molar-refractivity contribution < 1.29 is 168 Å². The summed E-state index contributed by atoms with van der Waals surface area (Å²) < 4.78 is 60.2. The molecule has 37 heteroatoms. The zero-order valence-electron chi connectivity index (χ0n) is 69.7. The Morgan fingerprint density at radius 2 is 0.873 bits per heavy atom. The first-order valence-corrected chi connectivity index (χ1v) is 43.3. The molecule has 0 spiro atoms. The van der Waals surface area contributed by atoms with Gasteiger partial charge < -0.3 is 160 Å². The summed E-state index contributed by atoms with van der Waals surface area (Å²) in [6.07, 6.45) is -18.3. The zero-order chi connectivity index (χ0) is 87.2. The average Bonchev–Trinajstić information content (AvgIpc) is 0.748. The number of carboxylic acids is 2. The lowest BCUT2D eigenvalue weighted by Gasteiger charge is -2.52. The molecule has 29 atom stereocenters. The van der Waals surface area contributed by atoms with E-state index in [0.29, 0.717) is 12.8 Å². The first kappa shape index (κ1) is 105. The third-order valence-corrected chi connectivity index (χ3v) is 23.1. The molecule has 0 saturated carbocycles. The van der Waals surface area contributed by atoms with Crippen molar-refractivity contribution in [1.29, 1.82) is 0 Å². The largest absolute Gasteiger partial charge is 0.477 e. The minimum absolute atomic E-state index is 0.140. The highest BCUT2D eigenvalue weighted by molar-refractivity contribution is 5.78. The van der Waals surface area contributed by atoms with Crippen LogP contribution in [0.15, 0.2) is 0 Å². The minimum atomic E-state index is -3.57. The van der Waals surface area contributed by atoms with E-state index < -0.39 is 265 Å². The molecule has 0 aromatic carbocycles. The van der Waals surface area contributed by atoms with Crippen molar-refractivity contribution in [3.05, 3.63) is 0 Å². The van der Waals surface area contributed by atoms with Crippen molar-refractivity contribution in [2.75, 3.05) is 39.6 Å². The Bertz CT molecular complexity index is 2850. The molecule has 688 valence electrons. The van der Waals surface area contributed by atoms with Gasteiger partial charge in [-0.1, -0.05) is 200 Å². The highest BCUT2D eigenvalue weighted by Gasteiger charge is 2.64. The van der Waals surface area contributed by atoms with Crippen molar-refractivity contribution in [3.63, 3.8) is 0 Å². The normalized spacial score (nSPS) is 32.9. The van der Waals surface area contributed by atoms with Crippen LogP contribution in [0.25, 0.3) is 0 Å². The van der Waals surface area contributed by atoms with Gasteiger partial charge in [0.25, 0.3) is 11.6 Å². The lowest BCUT2D eigenvalue weighted by molar-refractivity contribution is -0.404. The first-order chi connectivity index (χ1) is 56.3. The van der Waals surface area contributed by atoms with Gasteiger partial charge in [-0.05, 0) is 19.8 Å². The van der Waals surface area contributed by atoms with Crippen LogP contribution in [0.4, 0.5) is 0 Å². The van der Waals surface area contributed by atoms with E-state index in [1.807, 2.05) is 0 Å². The maximum Gasteiger partial charge on any atom is 0.364 e. The second-order valence-electron chi connectivity index (χ2n) is 32.8. The van der Waals surface area contributed by atoms with Crippen molar-refractivity contribution in [1.82, 2.24) is 16.0 Å². The third kappa shape index (κ3) is 32.2. The molecule has 37 nitrogen and oxygen atoms in total. The molecule has 0 radical (unpaired) electrons. The van der Waals surface area contributed by atoms with E-state index in [1.165, 1.54) is 116 Å². The fourth-order valence-corrected chi connectivity index (χ4v) is 16.3. The standard InChI is InChI=1S/C81H145N3O34/c1-6-8-10-12-14-16-18-20-21-22-23-25-27-29-31-33-35-37-60(97)84-51(52(93)36-34-32-30-28-26-24-19-17-15-13-11-9-7-2)46-109-76-68(103)67(102)70(58(44-88)111-76)113-77-69(104)74(71(59(45-89)112-77)114-75-50(38-47(3)90)63(98)65(100)56(42-86)110-75)118-81(79(107)108)40-54(95)62(83-49(5)92)73(117-81)66(101)57(43-87)115-80(78(105)106)39-53(94)61(82-48(4)91)72(116-80)64(99)55(96)41-85/h50-59,61-77,85-89,93-96,98-104H,6-46H2,1-5H3,(H,82,91)(H,83,92)(H,84,97)(H,105,106)(H,107,108). The van der Waals surface area contributed by atoms with E-state index in [1.54, 1.807) is 0 Å². The number of aliphatic carboxylic acids is 2. The number of Topliss-reactive ketones (excluding diaryl/α,β-unsaturated/α-hetero) is 1. The number of hydrogen-bond acceptors (Lipinski definition) is 32.